The van der Waals surface area contributed by atoms with Gasteiger partial charge in [0.2, 0.25) is 10.0 Å². The Labute approximate surface area is 182 Å². The van der Waals surface area contributed by atoms with E-state index in [0.29, 0.717) is 24.1 Å². The summed E-state index contributed by atoms with van der Waals surface area (Å²) in [6, 6.07) is 6.86. The number of esters is 1. The van der Waals surface area contributed by atoms with E-state index in [0.717, 1.165) is 31.9 Å². The van der Waals surface area contributed by atoms with Crippen LogP contribution in [0.15, 0.2) is 24.3 Å². The minimum absolute atomic E-state index is 0.159. The predicted molar refractivity (Wildman–Crippen MR) is 115 cm³/mol. The van der Waals surface area contributed by atoms with Gasteiger partial charge in [-0.1, -0.05) is 25.0 Å². The Morgan fingerprint density at radius 3 is 2.35 bits per heavy atom. The third-order valence-electron chi connectivity index (χ3n) is 5.74. The van der Waals surface area contributed by atoms with Gasteiger partial charge in [0.1, 0.15) is 0 Å². The van der Waals surface area contributed by atoms with Gasteiger partial charge in [-0.3, -0.25) is 14.4 Å². The molecule has 2 aliphatic rings. The molecule has 2 amide bonds. The van der Waals surface area contributed by atoms with Crippen molar-refractivity contribution in [2.75, 3.05) is 31.3 Å². The second-order valence-corrected chi connectivity index (χ2v) is 10.1. The Hall–Kier alpha value is -2.46. The second-order valence-electron chi connectivity index (χ2n) is 8.09. The fourth-order valence-electron chi connectivity index (χ4n) is 3.99. The molecule has 3 rings (SSSR count). The van der Waals surface area contributed by atoms with Crippen molar-refractivity contribution in [2.24, 2.45) is 5.92 Å². The molecule has 0 unspecified atom stereocenters. The molecular formula is C21H29N3O6S. The molecule has 9 nitrogen and oxygen atoms in total. The van der Waals surface area contributed by atoms with E-state index in [1.54, 1.807) is 24.3 Å². The number of hydrogen-bond acceptors (Lipinski definition) is 6. The molecule has 0 spiro atoms. The monoisotopic (exact) mass is 451 g/mol. The van der Waals surface area contributed by atoms with Crippen LogP contribution in [0, 0.1) is 5.92 Å². The van der Waals surface area contributed by atoms with E-state index in [1.807, 2.05) is 0 Å². The van der Waals surface area contributed by atoms with E-state index in [4.69, 9.17) is 4.74 Å². The zero-order valence-corrected chi connectivity index (χ0v) is 18.4. The minimum Gasteiger partial charge on any atom is -0.455 e. The smallest absolute Gasteiger partial charge is 0.309 e. The van der Waals surface area contributed by atoms with Crippen molar-refractivity contribution >= 4 is 33.5 Å². The summed E-state index contributed by atoms with van der Waals surface area (Å²) in [5, 5.41) is 5.63. The number of benzene rings is 1. The van der Waals surface area contributed by atoms with Crippen LogP contribution in [0.4, 0.5) is 5.69 Å². The number of para-hydroxylation sites is 1. The highest BCUT2D eigenvalue weighted by atomic mass is 32.2. The summed E-state index contributed by atoms with van der Waals surface area (Å²) in [5.41, 5.74) is 0.725. The number of carbonyl (C=O) groups is 3. The molecule has 2 N–H and O–H groups in total. The molecule has 2 fully saturated rings. The van der Waals surface area contributed by atoms with Crippen molar-refractivity contribution in [1.82, 2.24) is 9.62 Å². The third kappa shape index (κ3) is 6.51. The molecule has 1 saturated carbocycles. The first kappa shape index (κ1) is 23.2. The molecule has 31 heavy (non-hydrogen) atoms. The number of nitrogens with zero attached hydrogens (tertiary/aromatic N) is 1. The van der Waals surface area contributed by atoms with Crippen molar-refractivity contribution < 1.29 is 27.5 Å². The van der Waals surface area contributed by atoms with Gasteiger partial charge >= 0.3 is 5.97 Å². The highest BCUT2D eigenvalue weighted by Crippen LogP contribution is 2.22. The van der Waals surface area contributed by atoms with Crippen molar-refractivity contribution in [3.8, 4) is 0 Å². The number of sulfonamides is 1. The maximum absolute atomic E-state index is 12.6. The number of nitrogens with one attached hydrogen (secondary N) is 2. The summed E-state index contributed by atoms with van der Waals surface area (Å²) in [4.78, 5) is 37.1. The summed E-state index contributed by atoms with van der Waals surface area (Å²) in [7, 11) is -3.27. The molecule has 0 bridgehead atoms. The molecule has 1 heterocycles. The molecule has 0 aromatic heterocycles. The van der Waals surface area contributed by atoms with Crippen LogP contribution in [0.1, 0.15) is 48.9 Å². The fourth-order valence-corrected chi connectivity index (χ4v) is 4.86. The number of amides is 2. The van der Waals surface area contributed by atoms with Gasteiger partial charge in [0.25, 0.3) is 11.8 Å². The van der Waals surface area contributed by atoms with Gasteiger partial charge in [0.05, 0.1) is 23.4 Å². The lowest BCUT2D eigenvalue weighted by Crippen LogP contribution is -2.40. The van der Waals surface area contributed by atoms with Gasteiger partial charge in [-0.2, -0.15) is 0 Å². The first-order valence-electron chi connectivity index (χ1n) is 10.6. The third-order valence-corrected chi connectivity index (χ3v) is 7.04. The zero-order chi connectivity index (χ0) is 22.4. The van der Waals surface area contributed by atoms with E-state index >= 15 is 0 Å². The minimum atomic E-state index is -3.27. The topological polar surface area (TPSA) is 122 Å². The lowest BCUT2D eigenvalue weighted by molar-refractivity contribution is -0.152. The van der Waals surface area contributed by atoms with E-state index in [2.05, 4.69) is 10.6 Å². The van der Waals surface area contributed by atoms with Gasteiger partial charge in [-0.15, -0.1) is 0 Å². The van der Waals surface area contributed by atoms with E-state index in [-0.39, 0.29) is 25.0 Å². The molecule has 10 heteroatoms. The normalized spacial score (nSPS) is 18.5. The van der Waals surface area contributed by atoms with Crippen LogP contribution in [0.5, 0.6) is 0 Å². The average Bonchev–Trinajstić information content (AvgIpc) is 3.25. The fraction of sp³-hybridized carbons (Fsp3) is 0.571. The summed E-state index contributed by atoms with van der Waals surface area (Å²) < 4.78 is 29.6. The second kappa shape index (κ2) is 10.2. The van der Waals surface area contributed by atoms with Crippen LogP contribution in [-0.4, -0.2) is 62.5 Å². The van der Waals surface area contributed by atoms with Crippen molar-refractivity contribution in [3.05, 3.63) is 29.8 Å². The van der Waals surface area contributed by atoms with E-state index in [9.17, 15) is 22.8 Å². The highest BCUT2D eigenvalue weighted by Gasteiger charge is 2.30. The number of ether oxygens (including phenoxy) is 1. The quantitative estimate of drug-likeness (QED) is 0.606. The maximum Gasteiger partial charge on any atom is 0.309 e. The zero-order valence-electron chi connectivity index (χ0n) is 17.6. The molecule has 0 radical (unpaired) electrons. The SMILES string of the molecule is CS(=O)(=O)N1CCC(C(=O)OCC(=O)Nc2ccccc2C(=O)NC2CCCC2)CC1. The van der Waals surface area contributed by atoms with Crippen LogP contribution in [-0.2, 0) is 24.3 Å². The number of piperidine rings is 1. The van der Waals surface area contributed by atoms with Crippen LogP contribution in [0.3, 0.4) is 0 Å². The van der Waals surface area contributed by atoms with E-state index in [1.165, 1.54) is 4.31 Å². The van der Waals surface area contributed by atoms with E-state index < -0.39 is 34.4 Å². The average molecular weight is 452 g/mol. The van der Waals surface area contributed by atoms with Crippen molar-refractivity contribution in [2.45, 2.75) is 44.6 Å². The van der Waals surface area contributed by atoms with Gasteiger partial charge in [0, 0.05) is 19.1 Å². The number of carbonyl (C=O) groups excluding carboxylic acids is 3. The number of rotatable bonds is 7. The van der Waals surface area contributed by atoms with Gasteiger partial charge in [0.15, 0.2) is 6.61 Å². The van der Waals surface area contributed by atoms with Crippen LogP contribution in [0.25, 0.3) is 0 Å². The molecule has 0 atom stereocenters. The Balaban J connectivity index is 1.49. The Morgan fingerprint density at radius 2 is 1.71 bits per heavy atom. The Morgan fingerprint density at radius 1 is 1.06 bits per heavy atom. The van der Waals surface area contributed by atoms with Gasteiger partial charge in [-0.25, -0.2) is 12.7 Å². The van der Waals surface area contributed by atoms with Crippen LogP contribution < -0.4 is 10.6 Å². The first-order valence-corrected chi connectivity index (χ1v) is 12.4. The van der Waals surface area contributed by atoms with Crippen molar-refractivity contribution in [1.29, 1.82) is 0 Å². The molecular weight excluding hydrogens is 422 g/mol. The largest absolute Gasteiger partial charge is 0.455 e. The van der Waals surface area contributed by atoms with Gasteiger partial charge in [-0.05, 0) is 37.8 Å². The van der Waals surface area contributed by atoms with Crippen LogP contribution in [0.2, 0.25) is 0 Å². The molecule has 1 saturated heterocycles. The molecule has 1 aromatic carbocycles. The lowest BCUT2D eigenvalue weighted by atomic mass is 9.98. The number of hydrogen-bond donors (Lipinski definition) is 2. The molecule has 1 aliphatic carbocycles. The Kier molecular flexibility index (Phi) is 7.66. The van der Waals surface area contributed by atoms with Crippen LogP contribution >= 0.6 is 0 Å². The first-order chi connectivity index (χ1) is 14.7. The lowest BCUT2D eigenvalue weighted by Gasteiger charge is -2.28. The standard InChI is InChI=1S/C21H29N3O6S/c1-31(28,29)24-12-10-15(11-13-24)21(27)30-14-19(25)23-18-9-5-4-8-17(18)20(26)22-16-6-2-3-7-16/h4-5,8-9,15-16H,2-3,6-7,10-14H2,1H3,(H,22,26)(H,23,25). The molecule has 1 aromatic rings. The van der Waals surface area contributed by atoms with Gasteiger partial charge < -0.3 is 15.4 Å². The summed E-state index contributed by atoms with van der Waals surface area (Å²) >= 11 is 0. The maximum atomic E-state index is 12.6. The molecule has 1 aliphatic heterocycles. The highest BCUT2D eigenvalue weighted by molar-refractivity contribution is 7.88. The predicted octanol–water partition coefficient (Wildman–Crippen LogP) is 1.51. The summed E-state index contributed by atoms with van der Waals surface area (Å²) in [6.45, 7) is 0.0479. The summed E-state index contributed by atoms with van der Waals surface area (Å²) in [5.74, 6) is -1.73. The summed E-state index contributed by atoms with van der Waals surface area (Å²) in [6.07, 6.45) is 5.97. The molecule has 170 valence electrons. The number of anilines is 1. The Bertz CT molecular complexity index is 919. The van der Waals surface area contributed by atoms with Crippen molar-refractivity contribution in [3.63, 3.8) is 0 Å².